The first-order chi connectivity index (χ1) is 8.98. The van der Waals surface area contributed by atoms with Crippen molar-refractivity contribution in [1.29, 1.82) is 0 Å². The smallest absolute Gasteiger partial charge is 0.234 e. The second-order valence-corrected chi connectivity index (χ2v) is 5.06. The summed E-state index contributed by atoms with van der Waals surface area (Å²) in [5, 5.41) is 3.92. The Balaban J connectivity index is 2.40. The summed E-state index contributed by atoms with van der Waals surface area (Å²) in [6.07, 6.45) is 0.799. The normalized spacial score (nSPS) is 14.4. The van der Waals surface area contributed by atoms with Gasteiger partial charge in [0, 0.05) is 12.1 Å². The maximum atomic E-state index is 13.4. The van der Waals surface area contributed by atoms with Crippen LogP contribution < -0.4 is 5.73 Å². The summed E-state index contributed by atoms with van der Waals surface area (Å²) in [5.41, 5.74) is 6.85. The molecule has 0 aliphatic rings. The average Bonchev–Trinajstić information content (AvgIpc) is 2.87. The molecule has 0 aliphatic heterocycles. The molecule has 1 atom stereocenters. The molecule has 102 valence electrons. The van der Waals surface area contributed by atoms with Crippen LogP contribution in [0.2, 0.25) is 0 Å². The number of nitrogens with two attached hydrogens (primary N) is 1. The minimum atomic E-state index is -0.340. The van der Waals surface area contributed by atoms with Crippen molar-refractivity contribution in [1.82, 2.24) is 10.1 Å². The number of halogens is 1. The quantitative estimate of drug-likeness (QED) is 0.921. The van der Waals surface area contributed by atoms with Gasteiger partial charge >= 0.3 is 0 Å². The number of rotatable bonds is 4. The molecular weight excluding hydrogens is 245 g/mol. The van der Waals surface area contributed by atoms with Crippen molar-refractivity contribution in [3.63, 3.8) is 0 Å². The van der Waals surface area contributed by atoms with Crippen LogP contribution in [0.3, 0.4) is 0 Å². The highest BCUT2D eigenvalue weighted by molar-refractivity contribution is 5.55. The molecule has 0 saturated heterocycles. The van der Waals surface area contributed by atoms with Crippen molar-refractivity contribution in [2.45, 2.75) is 32.6 Å². The second-order valence-electron chi connectivity index (χ2n) is 5.06. The highest BCUT2D eigenvalue weighted by atomic mass is 19.1. The number of hydrogen-bond acceptors (Lipinski definition) is 4. The highest BCUT2D eigenvalue weighted by Gasteiger charge is 2.29. The van der Waals surface area contributed by atoms with Crippen LogP contribution >= 0.6 is 0 Å². The molecule has 2 rings (SSSR count). The molecule has 0 fully saturated rings. The molecule has 0 bridgehead atoms. The lowest BCUT2D eigenvalue weighted by atomic mass is 9.88. The van der Waals surface area contributed by atoms with Crippen molar-refractivity contribution in [3.8, 4) is 11.4 Å². The molecule has 1 unspecified atom stereocenters. The van der Waals surface area contributed by atoms with E-state index in [0.717, 1.165) is 12.0 Å². The summed E-state index contributed by atoms with van der Waals surface area (Å²) in [6.45, 7) is 6.24. The van der Waals surface area contributed by atoms with E-state index in [0.29, 0.717) is 23.8 Å². The van der Waals surface area contributed by atoms with Gasteiger partial charge in [0.25, 0.3) is 0 Å². The van der Waals surface area contributed by atoms with Crippen LogP contribution in [0.25, 0.3) is 11.4 Å². The lowest BCUT2D eigenvalue weighted by Crippen LogP contribution is -2.31. The molecule has 4 nitrogen and oxygen atoms in total. The van der Waals surface area contributed by atoms with E-state index in [1.54, 1.807) is 0 Å². The minimum Gasteiger partial charge on any atom is -0.338 e. The van der Waals surface area contributed by atoms with Gasteiger partial charge in [-0.05, 0) is 44.0 Å². The van der Waals surface area contributed by atoms with Crippen LogP contribution in [0.1, 0.15) is 31.7 Å². The predicted molar refractivity (Wildman–Crippen MR) is 71.1 cm³/mol. The Hall–Kier alpha value is -1.75. The topological polar surface area (TPSA) is 64.9 Å². The Morgan fingerprint density at radius 3 is 2.68 bits per heavy atom. The van der Waals surface area contributed by atoms with E-state index in [9.17, 15) is 4.39 Å². The van der Waals surface area contributed by atoms with E-state index in [-0.39, 0.29) is 11.2 Å². The molecule has 0 saturated carbocycles. The number of benzene rings is 1. The lowest BCUT2D eigenvalue weighted by molar-refractivity contribution is 0.291. The molecule has 2 aromatic rings. The van der Waals surface area contributed by atoms with Gasteiger partial charge in [-0.1, -0.05) is 12.1 Å². The summed E-state index contributed by atoms with van der Waals surface area (Å²) in [5.74, 6) is 0.582. The van der Waals surface area contributed by atoms with Crippen LogP contribution in [-0.2, 0) is 5.41 Å². The Morgan fingerprint density at radius 2 is 2.11 bits per heavy atom. The summed E-state index contributed by atoms with van der Waals surface area (Å²) in [7, 11) is 0. The molecule has 5 heteroatoms. The van der Waals surface area contributed by atoms with E-state index in [1.165, 1.54) is 12.1 Å². The van der Waals surface area contributed by atoms with Gasteiger partial charge in [0.2, 0.25) is 11.7 Å². The van der Waals surface area contributed by atoms with E-state index >= 15 is 0 Å². The van der Waals surface area contributed by atoms with Crippen molar-refractivity contribution >= 4 is 0 Å². The fourth-order valence-electron chi connectivity index (χ4n) is 1.83. The molecule has 0 spiro atoms. The molecule has 0 radical (unpaired) electrons. The standard InChI is InChI=1S/C14H18FN3O/c1-4-14(3,8-16)13-17-12(18-19-13)10-5-9(2)6-11(15)7-10/h5-7H,4,8,16H2,1-3H3. The van der Waals surface area contributed by atoms with E-state index < -0.39 is 0 Å². The molecule has 1 aromatic carbocycles. The third-order valence-electron chi connectivity index (χ3n) is 3.47. The van der Waals surface area contributed by atoms with Gasteiger partial charge in [0.15, 0.2) is 0 Å². The van der Waals surface area contributed by atoms with E-state index in [1.807, 2.05) is 26.8 Å². The van der Waals surface area contributed by atoms with E-state index in [4.69, 9.17) is 10.3 Å². The molecule has 19 heavy (non-hydrogen) atoms. The van der Waals surface area contributed by atoms with Crippen molar-refractivity contribution in [2.75, 3.05) is 6.54 Å². The predicted octanol–water partition coefficient (Wildman–Crippen LogP) is 2.81. The van der Waals surface area contributed by atoms with Gasteiger partial charge in [0.05, 0.1) is 5.41 Å². The molecule has 2 N–H and O–H groups in total. The van der Waals surface area contributed by atoms with Gasteiger partial charge in [-0.15, -0.1) is 0 Å². The maximum absolute atomic E-state index is 13.4. The number of aromatic nitrogens is 2. The average molecular weight is 263 g/mol. The zero-order valence-electron chi connectivity index (χ0n) is 11.4. The minimum absolute atomic E-state index is 0.307. The largest absolute Gasteiger partial charge is 0.338 e. The first-order valence-corrected chi connectivity index (χ1v) is 6.30. The number of hydrogen-bond donors (Lipinski definition) is 1. The Bertz CT molecular complexity index is 556. The van der Waals surface area contributed by atoms with Crippen LogP contribution in [0, 0.1) is 12.7 Å². The van der Waals surface area contributed by atoms with Gasteiger partial charge in [-0.2, -0.15) is 4.98 Å². The molecular formula is C14H18FN3O. The zero-order valence-corrected chi connectivity index (χ0v) is 11.4. The Kier molecular flexibility index (Phi) is 3.66. The second kappa shape index (κ2) is 5.09. The Labute approximate surface area is 111 Å². The summed E-state index contributed by atoms with van der Waals surface area (Å²) >= 11 is 0. The zero-order chi connectivity index (χ0) is 14.0. The fourth-order valence-corrected chi connectivity index (χ4v) is 1.83. The first-order valence-electron chi connectivity index (χ1n) is 6.30. The van der Waals surface area contributed by atoms with Crippen LogP contribution in [0.15, 0.2) is 22.7 Å². The third kappa shape index (κ3) is 2.66. The Morgan fingerprint density at radius 1 is 1.37 bits per heavy atom. The van der Waals surface area contributed by atoms with Crippen molar-refractivity contribution in [3.05, 3.63) is 35.5 Å². The highest BCUT2D eigenvalue weighted by Crippen LogP contribution is 2.27. The summed E-state index contributed by atoms with van der Waals surface area (Å²) in [4.78, 5) is 4.35. The number of aryl methyl sites for hydroxylation is 1. The van der Waals surface area contributed by atoms with Crippen molar-refractivity contribution in [2.24, 2.45) is 5.73 Å². The maximum Gasteiger partial charge on any atom is 0.234 e. The van der Waals surface area contributed by atoms with Gasteiger partial charge in [0.1, 0.15) is 5.82 Å². The molecule has 0 aliphatic carbocycles. The summed E-state index contributed by atoms with van der Waals surface area (Å²) in [6, 6.07) is 4.68. The first kappa shape index (κ1) is 13.7. The molecule has 1 heterocycles. The van der Waals surface area contributed by atoms with Gasteiger partial charge < -0.3 is 10.3 Å². The monoisotopic (exact) mass is 263 g/mol. The lowest BCUT2D eigenvalue weighted by Gasteiger charge is -2.20. The van der Waals surface area contributed by atoms with Gasteiger partial charge in [-0.3, -0.25) is 0 Å². The summed E-state index contributed by atoms with van der Waals surface area (Å²) < 4.78 is 18.7. The van der Waals surface area contributed by atoms with Gasteiger partial charge in [-0.25, -0.2) is 4.39 Å². The van der Waals surface area contributed by atoms with E-state index in [2.05, 4.69) is 10.1 Å². The molecule has 0 amide bonds. The van der Waals surface area contributed by atoms with Crippen LogP contribution in [0.5, 0.6) is 0 Å². The van der Waals surface area contributed by atoms with Crippen LogP contribution in [0.4, 0.5) is 4.39 Å². The molecule has 1 aromatic heterocycles. The fraction of sp³-hybridized carbons (Fsp3) is 0.429. The SMILES string of the molecule is CCC(C)(CN)c1nc(-c2cc(C)cc(F)c2)no1. The number of nitrogens with zero attached hydrogens (tertiary/aromatic N) is 2. The van der Waals surface area contributed by atoms with Crippen LogP contribution in [-0.4, -0.2) is 16.7 Å². The third-order valence-corrected chi connectivity index (χ3v) is 3.47. The van der Waals surface area contributed by atoms with Crippen molar-refractivity contribution < 1.29 is 8.91 Å².